The number of rotatable bonds is 18. The van der Waals surface area contributed by atoms with E-state index in [0.29, 0.717) is 49.6 Å². The van der Waals surface area contributed by atoms with Crippen LogP contribution in [0.1, 0.15) is 50.2 Å². The molecule has 6 rings (SSSR count). The van der Waals surface area contributed by atoms with E-state index >= 15 is 0 Å². The van der Waals surface area contributed by atoms with Gasteiger partial charge in [0.2, 0.25) is 17.6 Å². The molecule has 3 aromatic carbocycles. The van der Waals surface area contributed by atoms with Gasteiger partial charge in [0.1, 0.15) is 5.75 Å². The number of hydrogen-bond acceptors (Lipinski definition) is 9. The molecule has 0 saturated carbocycles. The van der Waals surface area contributed by atoms with Crippen LogP contribution in [0.4, 0.5) is 5.95 Å². The minimum absolute atomic E-state index is 0.234. The molecule has 4 aromatic rings. The first-order valence-corrected chi connectivity index (χ1v) is 18.6. The lowest BCUT2D eigenvalue weighted by atomic mass is 9.77. The molecule has 1 aromatic heterocycles. The highest BCUT2D eigenvalue weighted by atomic mass is 16.5. The van der Waals surface area contributed by atoms with Crippen molar-refractivity contribution in [3.05, 3.63) is 71.8 Å². The Hall–Kier alpha value is -4.48. The largest absolute Gasteiger partial charge is 0.497 e. The summed E-state index contributed by atoms with van der Waals surface area (Å²) in [5.74, 6) is 3.73. The van der Waals surface area contributed by atoms with Gasteiger partial charge >= 0.3 is 0 Å². The van der Waals surface area contributed by atoms with Gasteiger partial charge in [0, 0.05) is 45.4 Å². The van der Waals surface area contributed by atoms with Crippen LogP contribution in [-0.2, 0) is 29.0 Å². The van der Waals surface area contributed by atoms with Crippen molar-refractivity contribution in [2.75, 3.05) is 73.1 Å². The number of benzene rings is 3. The van der Waals surface area contributed by atoms with Crippen LogP contribution >= 0.6 is 0 Å². The van der Waals surface area contributed by atoms with Crippen molar-refractivity contribution >= 4 is 22.9 Å². The first-order valence-electron chi connectivity index (χ1n) is 18.6. The number of nitrogens with one attached hydrogen (secondary N) is 1. The number of hydrogen-bond donors (Lipinski definition) is 1. The Morgan fingerprint density at radius 3 is 2.25 bits per heavy atom. The number of carbonyl (C=O) groups excluding carboxylic acids is 1. The van der Waals surface area contributed by atoms with E-state index < -0.39 is 5.41 Å². The number of methoxy groups -OCH3 is 4. The summed E-state index contributed by atoms with van der Waals surface area (Å²) >= 11 is 0. The lowest BCUT2D eigenvalue weighted by Gasteiger charge is -2.35. The molecule has 0 aliphatic carbocycles. The van der Waals surface area contributed by atoms with Crippen molar-refractivity contribution in [2.24, 2.45) is 5.41 Å². The number of imidazole rings is 1. The van der Waals surface area contributed by atoms with Gasteiger partial charge in [-0.2, -0.15) is 0 Å². The van der Waals surface area contributed by atoms with Crippen LogP contribution in [0.25, 0.3) is 11.0 Å². The molecular weight excluding hydrogens is 658 g/mol. The highest BCUT2D eigenvalue weighted by molar-refractivity contribution is 5.85. The van der Waals surface area contributed by atoms with E-state index in [9.17, 15) is 4.79 Å². The van der Waals surface area contributed by atoms with Gasteiger partial charge in [-0.15, -0.1) is 0 Å². The average Bonchev–Trinajstić information content (AvgIpc) is 3.69. The van der Waals surface area contributed by atoms with Crippen molar-refractivity contribution in [1.29, 1.82) is 0 Å². The zero-order valence-electron chi connectivity index (χ0n) is 31.5. The van der Waals surface area contributed by atoms with Crippen LogP contribution in [0.15, 0.2) is 60.7 Å². The third kappa shape index (κ3) is 8.42. The molecule has 280 valence electrons. The Morgan fingerprint density at radius 1 is 0.846 bits per heavy atom. The van der Waals surface area contributed by atoms with Gasteiger partial charge in [-0.3, -0.25) is 4.79 Å². The molecule has 0 spiro atoms. The zero-order valence-corrected chi connectivity index (χ0v) is 31.5. The fraction of sp³-hybridized carbons (Fsp3) is 0.512. The molecule has 2 fully saturated rings. The van der Waals surface area contributed by atoms with Crippen LogP contribution in [0.5, 0.6) is 23.0 Å². The first kappa shape index (κ1) is 37.3. The maximum Gasteiger partial charge on any atom is 0.229 e. The van der Waals surface area contributed by atoms with Crippen LogP contribution in [0, 0.1) is 5.41 Å². The van der Waals surface area contributed by atoms with E-state index in [2.05, 4.69) is 45.1 Å². The number of amides is 1. The summed E-state index contributed by atoms with van der Waals surface area (Å²) in [5, 5.41) is 3.77. The third-order valence-corrected chi connectivity index (χ3v) is 10.9. The predicted octanol–water partition coefficient (Wildman–Crippen LogP) is 6.43. The summed E-state index contributed by atoms with van der Waals surface area (Å²) < 4.78 is 30.1. The molecule has 0 radical (unpaired) electrons. The fourth-order valence-corrected chi connectivity index (χ4v) is 7.82. The molecule has 1 amide bonds. The van der Waals surface area contributed by atoms with E-state index in [4.69, 9.17) is 28.7 Å². The molecule has 1 N–H and O–H groups in total. The van der Waals surface area contributed by atoms with Crippen LogP contribution in [-0.4, -0.2) is 99.1 Å². The standard InChI is InChI=1S/C41H55N5O6/c1-6-52-26-25-46-35-10-8-7-9-34(35)43-40(46)42-32-16-21-44(22-17-32)23-19-41(18-15-30-11-13-33(48-2)14-12-30)20-24-45(39(41)47)29-31-27-36(49-3)38(51-5)37(28-31)50-4/h7-14,27-28,32H,6,15-26,29H2,1-5H3,(H,42,43). The number of aromatic nitrogens is 2. The Balaban J connectivity index is 1.11. The van der Waals surface area contributed by atoms with Crippen molar-refractivity contribution in [1.82, 2.24) is 19.4 Å². The SMILES string of the molecule is CCOCCn1c(NC2CCN(CCC3(CCc4ccc(OC)cc4)CCN(Cc4cc(OC)c(OC)c(OC)c4)C3=O)CC2)nc2ccccc21. The second-order valence-corrected chi connectivity index (χ2v) is 13.9. The Kier molecular flexibility index (Phi) is 12.4. The summed E-state index contributed by atoms with van der Waals surface area (Å²) in [5.41, 5.74) is 3.87. The van der Waals surface area contributed by atoms with Gasteiger partial charge in [0.05, 0.1) is 51.5 Å². The number of carbonyl (C=O) groups is 1. The Morgan fingerprint density at radius 2 is 1.58 bits per heavy atom. The second-order valence-electron chi connectivity index (χ2n) is 13.9. The molecule has 2 saturated heterocycles. The van der Waals surface area contributed by atoms with E-state index in [-0.39, 0.29) is 5.91 Å². The Bertz CT molecular complexity index is 1740. The van der Waals surface area contributed by atoms with Crippen LogP contribution in [0.2, 0.25) is 0 Å². The zero-order chi connectivity index (χ0) is 36.5. The first-order chi connectivity index (χ1) is 25.4. The van der Waals surface area contributed by atoms with Crippen molar-refractivity contribution < 1.29 is 28.5 Å². The van der Waals surface area contributed by atoms with Gasteiger partial charge in [-0.1, -0.05) is 24.3 Å². The number of piperidine rings is 1. The number of para-hydroxylation sites is 2. The van der Waals surface area contributed by atoms with Gasteiger partial charge in [0.25, 0.3) is 0 Å². The van der Waals surface area contributed by atoms with Crippen molar-refractivity contribution in [3.8, 4) is 23.0 Å². The van der Waals surface area contributed by atoms with Crippen molar-refractivity contribution in [2.45, 2.75) is 64.6 Å². The number of fused-ring (bicyclic) bond motifs is 1. The van der Waals surface area contributed by atoms with E-state index in [1.165, 1.54) is 5.56 Å². The highest BCUT2D eigenvalue weighted by Gasteiger charge is 2.46. The molecule has 2 aliphatic heterocycles. The predicted molar refractivity (Wildman–Crippen MR) is 204 cm³/mol. The number of nitrogens with zero attached hydrogens (tertiary/aromatic N) is 4. The molecule has 0 bridgehead atoms. The third-order valence-electron chi connectivity index (χ3n) is 10.9. The lowest BCUT2D eigenvalue weighted by molar-refractivity contribution is -0.137. The van der Waals surface area contributed by atoms with Gasteiger partial charge in [-0.05, 0) is 99.5 Å². The molecule has 3 heterocycles. The number of likely N-dealkylation sites (tertiary alicyclic amines) is 2. The number of ether oxygens (including phenoxy) is 5. The fourth-order valence-electron chi connectivity index (χ4n) is 7.82. The van der Waals surface area contributed by atoms with Crippen LogP contribution < -0.4 is 24.3 Å². The molecule has 2 aliphatic rings. The van der Waals surface area contributed by atoms with Crippen LogP contribution in [0.3, 0.4) is 0 Å². The maximum atomic E-state index is 14.5. The molecule has 11 heteroatoms. The number of aryl methyl sites for hydroxylation is 1. The van der Waals surface area contributed by atoms with Gasteiger partial charge < -0.3 is 43.4 Å². The lowest BCUT2D eigenvalue weighted by Crippen LogP contribution is -2.42. The quantitative estimate of drug-likeness (QED) is 0.117. The van der Waals surface area contributed by atoms with E-state index in [1.807, 2.05) is 42.2 Å². The second kappa shape index (κ2) is 17.4. The van der Waals surface area contributed by atoms with E-state index in [0.717, 1.165) is 93.0 Å². The van der Waals surface area contributed by atoms with Gasteiger partial charge in [0.15, 0.2) is 11.5 Å². The summed E-state index contributed by atoms with van der Waals surface area (Å²) in [6.07, 6.45) is 5.36. The normalized spacial score (nSPS) is 18.2. The smallest absolute Gasteiger partial charge is 0.229 e. The molecule has 1 unspecified atom stereocenters. The molecule has 11 nitrogen and oxygen atoms in total. The summed E-state index contributed by atoms with van der Waals surface area (Å²) in [4.78, 5) is 24.0. The topological polar surface area (TPSA) is 99.5 Å². The van der Waals surface area contributed by atoms with Gasteiger partial charge in [-0.25, -0.2) is 4.98 Å². The highest BCUT2D eigenvalue weighted by Crippen LogP contribution is 2.43. The minimum Gasteiger partial charge on any atom is -0.497 e. The van der Waals surface area contributed by atoms with E-state index in [1.54, 1.807) is 28.4 Å². The summed E-state index contributed by atoms with van der Waals surface area (Å²) in [6.45, 7) is 8.21. The monoisotopic (exact) mass is 713 g/mol. The molecule has 52 heavy (non-hydrogen) atoms. The number of anilines is 1. The minimum atomic E-state index is -0.429. The molecular formula is C41H55N5O6. The molecule has 1 atom stereocenters. The van der Waals surface area contributed by atoms with Crippen molar-refractivity contribution in [3.63, 3.8) is 0 Å². The summed E-state index contributed by atoms with van der Waals surface area (Å²) in [7, 11) is 6.52. The maximum absolute atomic E-state index is 14.5. The average molecular weight is 714 g/mol. The summed E-state index contributed by atoms with van der Waals surface area (Å²) in [6, 6.07) is 20.8. The Labute approximate surface area is 308 Å².